The molecule has 15 nitrogen and oxygen atoms in total. The molecular weight excluding hydrogens is 440 g/mol. The molecule has 0 aliphatic heterocycles. The molecular formula is C18H18N8O7. The van der Waals surface area contributed by atoms with Crippen molar-refractivity contribution in [2.75, 3.05) is 13.1 Å². The van der Waals surface area contributed by atoms with E-state index >= 15 is 0 Å². The zero-order valence-corrected chi connectivity index (χ0v) is 17.5. The molecule has 2 aromatic heterocycles. The van der Waals surface area contributed by atoms with Gasteiger partial charge in [-0.05, 0) is 13.8 Å². The molecule has 2 heterocycles. The highest BCUT2D eigenvalue weighted by atomic mass is 16.6. The highest BCUT2D eigenvalue weighted by Gasteiger charge is 2.23. The van der Waals surface area contributed by atoms with E-state index < -0.39 is 21.7 Å². The Morgan fingerprint density at radius 3 is 2.52 bits per heavy atom. The first-order chi connectivity index (χ1) is 15.7. The number of hydrogen-bond donors (Lipinski definition) is 2. The summed E-state index contributed by atoms with van der Waals surface area (Å²) < 4.78 is 6.12. The Bertz CT molecular complexity index is 1230. The van der Waals surface area contributed by atoms with Crippen LogP contribution in [0.5, 0.6) is 0 Å². The van der Waals surface area contributed by atoms with Crippen molar-refractivity contribution in [2.45, 2.75) is 20.4 Å². The van der Waals surface area contributed by atoms with Crippen molar-refractivity contribution in [2.24, 2.45) is 0 Å². The molecule has 0 radical (unpaired) electrons. The molecule has 0 bridgehead atoms. The number of aromatic nitrogens is 4. The molecule has 15 heteroatoms. The Morgan fingerprint density at radius 2 is 1.85 bits per heavy atom. The summed E-state index contributed by atoms with van der Waals surface area (Å²) in [5.74, 6) is -1.48. The number of amides is 2. The second-order valence-electron chi connectivity index (χ2n) is 6.77. The quantitative estimate of drug-likeness (QED) is 0.264. The van der Waals surface area contributed by atoms with Gasteiger partial charge in [-0.3, -0.25) is 34.5 Å². The number of carbonyl (C=O) groups excluding carboxylic acids is 2. The number of nitrogens with zero attached hydrogens (tertiary/aromatic N) is 6. The number of non-ortho nitro benzene ring substituents is 1. The number of aryl methyl sites for hydroxylation is 1. The van der Waals surface area contributed by atoms with Gasteiger partial charge in [0.15, 0.2) is 0 Å². The second kappa shape index (κ2) is 9.63. The summed E-state index contributed by atoms with van der Waals surface area (Å²) in [4.78, 5) is 48.9. The number of nitrogens with one attached hydrogen (secondary N) is 2. The molecule has 0 atom stereocenters. The summed E-state index contributed by atoms with van der Waals surface area (Å²) >= 11 is 0. The van der Waals surface area contributed by atoms with Crippen LogP contribution in [0.15, 0.2) is 28.8 Å². The molecule has 3 rings (SSSR count). The number of benzene rings is 1. The number of hydrogen-bond acceptors (Lipinski definition) is 10. The van der Waals surface area contributed by atoms with Crippen LogP contribution in [0.1, 0.15) is 22.1 Å². The summed E-state index contributed by atoms with van der Waals surface area (Å²) in [6.07, 6.45) is 0. The fraction of sp³-hybridized carbons (Fsp3) is 0.278. The molecule has 0 saturated carbocycles. The van der Waals surface area contributed by atoms with Gasteiger partial charge >= 0.3 is 17.5 Å². The van der Waals surface area contributed by atoms with E-state index in [2.05, 4.69) is 25.9 Å². The maximum absolute atomic E-state index is 12.1. The summed E-state index contributed by atoms with van der Waals surface area (Å²) in [6.45, 7) is 2.87. The van der Waals surface area contributed by atoms with E-state index in [0.717, 1.165) is 0 Å². The van der Waals surface area contributed by atoms with Gasteiger partial charge in [-0.2, -0.15) is 10.1 Å². The lowest BCUT2D eigenvalue weighted by Gasteiger charge is -2.06. The predicted octanol–water partition coefficient (Wildman–Crippen LogP) is 0.913. The van der Waals surface area contributed by atoms with Gasteiger partial charge in [-0.15, -0.1) is 0 Å². The van der Waals surface area contributed by atoms with Gasteiger partial charge in [0.25, 0.3) is 5.69 Å². The second-order valence-corrected chi connectivity index (χ2v) is 6.77. The van der Waals surface area contributed by atoms with E-state index in [1.165, 1.54) is 42.8 Å². The molecule has 172 valence electrons. The molecule has 3 aromatic rings. The van der Waals surface area contributed by atoms with Crippen LogP contribution in [0, 0.1) is 34.1 Å². The van der Waals surface area contributed by atoms with Crippen molar-refractivity contribution in [3.63, 3.8) is 0 Å². The molecule has 2 amide bonds. The van der Waals surface area contributed by atoms with Crippen LogP contribution in [0.2, 0.25) is 0 Å². The predicted molar refractivity (Wildman–Crippen MR) is 110 cm³/mol. The number of carbonyl (C=O) groups is 2. The number of nitro benzene ring substituents is 1. The Hall–Kier alpha value is -4.69. The fourth-order valence-corrected chi connectivity index (χ4v) is 2.94. The Balaban J connectivity index is 1.49. The average molecular weight is 458 g/mol. The summed E-state index contributed by atoms with van der Waals surface area (Å²) in [6, 6.07) is 5.55. The van der Waals surface area contributed by atoms with E-state index in [0.29, 0.717) is 5.56 Å². The first-order valence-electron chi connectivity index (χ1n) is 9.49. The molecule has 1 aromatic carbocycles. The van der Waals surface area contributed by atoms with Crippen LogP contribution in [-0.4, -0.2) is 54.7 Å². The molecule has 2 N–H and O–H groups in total. The number of rotatable bonds is 9. The average Bonchev–Trinajstić information content (AvgIpc) is 3.36. The van der Waals surface area contributed by atoms with Crippen molar-refractivity contribution >= 4 is 23.2 Å². The Labute approximate surface area is 185 Å². The minimum Gasteiger partial charge on any atom is -0.353 e. The maximum Gasteiger partial charge on any atom is 0.316 e. The van der Waals surface area contributed by atoms with Gasteiger partial charge in [-0.1, -0.05) is 17.3 Å². The third kappa shape index (κ3) is 5.33. The van der Waals surface area contributed by atoms with Gasteiger partial charge in [0.05, 0.1) is 9.85 Å². The standard InChI is InChI=1S/C18H18N8O7/c1-10-15(26(31)32)11(2)24(22-10)9-14(27)19-6-7-20-17(28)18-21-16(23-33-18)12-4-3-5-13(8-12)25(29)30/h3-5,8H,6-7,9H2,1-2H3,(H,19,27)(H,20,28). The summed E-state index contributed by atoms with van der Waals surface area (Å²) in [5, 5.41) is 34.6. The smallest absolute Gasteiger partial charge is 0.316 e. The third-order valence-corrected chi connectivity index (χ3v) is 4.49. The normalized spacial score (nSPS) is 10.6. The van der Waals surface area contributed by atoms with E-state index in [1.807, 2.05) is 0 Å². The Kier molecular flexibility index (Phi) is 6.71. The minimum atomic E-state index is -0.692. The first kappa shape index (κ1) is 23.0. The van der Waals surface area contributed by atoms with Crippen LogP contribution >= 0.6 is 0 Å². The molecule has 0 saturated heterocycles. The van der Waals surface area contributed by atoms with Crippen molar-refractivity contribution < 1.29 is 24.0 Å². The van der Waals surface area contributed by atoms with Crippen molar-refractivity contribution in [1.82, 2.24) is 30.6 Å². The lowest BCUT2D eigenvalue weighted by Crippen LogP contribution is -2.36. The fourth-order valence-electron chi connectivity index (χ4n) is 2.94. The van der Waals surface area contributed by atoms with Crippen molar-refractivity contribution in [3.8, 4) is 11.4 Å². The summed E-state index contributed by atoms with van der Waals surface area (Å²) in [7, 11) is 0. The van der Waals surface area contributed by atoms with Crippen LogP contribution < -0.4 is 10.6 Å². The van der Waals surface area contributed by atoms with Crippen LogP contribution in [-0.2, 0) is 11.3 Å². The van der Waals surface area contributed by atoms with Gasteiger partial charge in [0.1, 0.15) is 17.9 Å². The lowest BCUT2D eigenvalue weighted by molar-refractivity contribution is -0.386. The maximum atomic E-state index is 12.1. The van der Waals surface area contributed by atoms with Gasteiger partial charge < -0.3 is 15.2 Å². The molecule has 0 unspecified atom stereocenters. The van der Waals surface area contributed by atoms with Crippen molar-refractivity contribution in [1.29, 1.82) is 0 Å². The number of nitro groups is 2. The van der Waals surface area contributed by atoms with Crippen LogP contribution in [0.3, 0.4) is 0 Å². The zero-order chi connectivity index (χ0) is 24.1. The van der Waals surface area contributed by atoms with Crippen LogP contribution in [0.4, 0.5) is 11.4 Å². The zero-order valence-electron chi connectivity index (χ0n) is 17.5. The molecule has 0 fully saturated rings. The highest BCUT2D eigenvalue weighted by Crippen LogP contribution is 2.22. The highest BCUT2D eigenvalue weighted by molar-refractivity contribution is 5.90. The SMILES string of the molecule is Cc1nn(CC(=O)NCCNC(=O)c2nc(-c3cccc([N+](=O)[O-])c3)no2)c(C)c1[N+](=O)[O-]. The van der Waals surface area contributed by atoms with Gasteiger partial charge in [0, 0.05) is 30.8 Å². The lowest BCUT2D eigenvalue weighted by atomic mass is 10.2. The van der Waals surface area contributed by atoms with E-state index in [1.54, 1.807) is 0 Å². The van der Waals surface area contributed by atoms with E-state index in [9.17, 15) is 29.8 Å². The summed E-state index contributed by atoms with van der Waals surface area (Å²) in [5.41, 5.74) is 0.482. The topological polar surface area (TPSA) is 201 Å². The molecule has 0 aliphatic rings. The molecule has 33 heavy (non-hydrogen) atoms. The molecule has 0 aliphatic carbocycles. The monoisotopic (exact) mass is 458 g/mol. The minimum absolute atomic E-state index is 0.0103. The van der Waals surface area contributed by atoms with Crippen molar-refractivity contribution in [3.05, 3.63) is 61.8 Å². The van der Waals surface area contributed by atoms with Gasteiger partial charge in [-0.25, -0.2) is 0 Å². The van der Waals surface area contributed by atoms with Gasteiger partial charge in [0.2, 0.25) is 11.7 Å². The van der Waals surface area contributed by atoms with E-state index in [4.69, 9.17) is 4.52 Å². The van der Waals surface area contributed by atoms with Crippen LogP contribution in [0.25, 0.3) is 11.4 Å². The molecule has 0 spiro atoms. The third-order valence-electron chi connectivity index (χ3n) is 4.49. The Morgan fingerprint density at radius 1 is 1.12 bits per heavy atom. The first-order valence-corrected chi connectivity index (χ1v) is 9.49. The van der Waals surface area contributed by atoms with E-state index in [-0.39, 0.29) is 54.1 Å². The largest absolute Gasteiger partial charge is 0.353 e.